The molecule has 0 heterocycles. The highest BCUT2D eigenvalue weighted by atomic mass is 16.2. The molecule has 2 rings (SSSR count). The van der Waals surface area contributed by atoms with Gasteiger partial charge in [0.15, 0.2) is 0 Å². The molecule has 2 aromatic rings. The third kappa shape index (κ3) is 3.08. The standard InChI is InChI=1S/C15H17NO/c1-12-5-4-7-14(11-12)16-15-8-3-2-6-13(15)9-10-17/h2-8,11,16-17H,9-10H2,1H3. The number of para-hydroxylation sites is 1. The summed E-state index contributed by atoms with van der Waals surface area (Å²) in [5, 5.41) is 12.4. The summed E-state index contributed by atoms with van der Waals surface area (Å²) in [6.45, 7) is 2.25. The predicted molar refractivity (Wildman–Crippen MR) is 71.7 cm³/mol. The molecule has 0 aliphatic rings. The molecule has 2 aromatic carbocycles. The Bertz CT molecular complexity index is 494. The summed E-state index contributed by atoms with van der Waals surface area (Å²) in [7, 11) is 0. The zero-order chi connectivity index (χ0) is 12.1. The third-order valence-corrected chi connectivity index (χ3v) is 2.70. The van der Waals surface area contributed by atoms with Gasteiger partial charge in [-0.2, -0.15) is 0 Å². The van der Waals surface area contributed by atoms with Crippen LogP contribution in [0.2, 0.25) is 0 Å². The largest absolute Gasteiger partial charge is 0.396 e. The maximum atomic E-state index is 9.03. The van der Waals surface area contributed by atoms with Crippen molar-refractivity contribution in [2.75, 3.05) is 11.9 Å². The maximum Gasteiger partial charge on any atom is 0.0472 e. The SMILES string of the molecule is Cc1cccc(Nc2ccccc2CCO)c1. The lowest BCUT2D eigenvalue weighted by molar-refractivity contribution is 0.300. The minimum absolute atomic E-state index is 0.173. The van der Waals surface area contributed by atoms with E-state index >= 15 is 0 Å². The zero-order valence-corrected chi connectivity index (χ0v) is 9.98. The fourth-order valence-electron chi connectivity index (χ4n) is 1.86. The number of nitrogens with one attached hydrogen (secondary N) is 1. The summed E-state index contributed by atoms with van der Waals surface area (Å²) in [5.41, 5.74) is 4.51. The van der Waals surface area contributed by atoms with Crippen LogP contribution in [0.3, 0.4) is 0 Å². The molecule has 2 N–H and O–H groups in total. The van der Waals surface area contributed by atoms with Crippen molar-refractivity contribution in [3.05, 3.63) is 59.7 Å². The topological polar surface area (TPSA) is 32.3 Å². The fourth-order valence-corrected chi connectivity index (χ4v) is 1.86. The first-order valence-electron chi connectivity index (χ1n) is 5.82. The van der Waals surface area contributed by atoms with E-state index in [1.54, 1.807) is 0 Å². The van der Waals surface area contributed by atoms with Gasteiger partial charge >= 0.3 is 0 Å². The van der Waals surface area contributed by atoms with Crippen LogP contribution >= 0.6 is 0 Å². The van der Waals surface area contributed by atoms with E-state index < -0.39 is 0 Å². The number of aliphatic hydroxyl groups excluding tert-OH is 1. The summed E-state index contributed by atoms with van der Waals surface area (Å²) in [5.74, 6) is 0. The van der Waals surface area contributed by atoms with Crippen molar-refractivity contribution in [2.45, 2.75) is 13.3 Å². The molecule has 88 valence electrons. The molecule has 0 aliphatic carbocycles. The van der Waals surface area contributed by atoms with E-state index in [0.717, 1.165) is 16.9 Å². The summed E-state index contributed by atoms with van der Waals surface area (Å²) >= 11 is 0. The van der Waals surface area contributed by atoms with E-state index in [9.17, 15) is 0 Å². The average molecular weight is 227 g/mol. The lowest BCUT2D eigenvalue weighted by Crippen LogP contribution is -1.98. The number of aryl methyl sites for hydroxylation is 1. The van der Waals surface area contributed by atoms with E-state index in [1.807, 2.05) is 36.4 Å². The Kier molecular flexibility index (Phi) is 3.78. The monoisotopic (exact) mass is 227 g/mol. The van der Waals surface area contributed by atoms with Crippen molar-refractivity contribution < 1.29 is 5.11 Å². The molecule has 0 amide bonds. The third-order valence-electron chi connectivity index (χ3n) is 2.70. The van der Waals surface area contributed by atoms with Crippen LogP contribution in [0.15, 0.2) is 48.5 Å². The number of aliphatic hydroxyl groups is 1. The van der Waals surface area contributed by atoms with Gasteiger partial charge in [0.05, 0.1) is 0 Å². The summed E-state index contributed by atoms with van der Waals surface area (Å²) in [4.78, 5) is 0. The number of rotatable bonds is 4. The van der Waals surface area contributed by atoms with Crippen molar-refractivity contribution in [1.82, 2.24) is 0 Å². The highest BCUT2D eigenvalue weighted by Crippen LogP contribution is 2.21. The lowest BCUT2D eigenvalue weighted by Gasteiger charge is -2.11. The molecular formula is C15H17NO. The van der Waals surface area contributed by atoms with Crippen LogP contribution in [-0.4, -0.2) is 11.7 Å². The van der Waals surface area contributed by atoms with Crippen LogP contribution in [-0.2, 0) is 6.42 Å². The Labute approximate surface area is 102 Å². The van der Waals surface area contributed by atoms with Gasteiger partial charge in [-0.15, -0.1) is 0 Å². The molecule has 17 heavy (non-hydrogen) atoms. The van der Waals surface area contributed by atoms with Gasteiger partial charge in [0.2, 0.25) is 0 Å². The second-order valence-corrected chi connectivity index (χ2v) is 4.13. The Morgan fingerprint density at radius 3 is 2.65 bits per heavy atom. The highest BCUT2D eigenvalue weighted by molar-refractivity contribution is 5.63. The average Bonchev–Trinajstić information content (AvgIpc) is 2.32. The normalized spacial score (nSPS) is 10.2. The van der Waals surface area contributed by atoms with Gasteiger partial charge in [-0.05, 0) is 42.7 Å². The zero-order valence-electron chi connectivity index (χ0n) is 9.98. The lowest BCUT2D eigenvalue weighted by atomic mass is 10.1. The summed E-state index contributed by atoms with van der Waals surface area (Å²) in [6.07, 6.45) is 0.676. The van der Waals surface area contributed by atoms with Crippen LogP contribution in [0.5, 0.6) is 0 Å². The molecule has 0 radical (unpaired) electrons. The molecule has 0 spiro atoms. The number of hydrogen-bond acceptors (Lipinski definition) is 2. The van der Waals surface area contributed by atoms with E-state index in [-0.39, 0.29) is 6.61 Å². The molecule has 0 aromatic heterocycles. The highest BCUT2D eigenvalue weighted by Gasteiger charge is 2.01. The van der Waals surface area contributed by atoms with Crippen molar-refractivity contribution in [3.63, 3.8) is 0 Å². The van der Waals surface area contributed by atoms with Crippen molar-refractivity contribution in [1.29, 1.82) is 0 Å². The van der Waals surface area contributed by atoms with Crippen LogP contribution in [0.4, 0.5) is 11.4 Å². The van der Waals surface area contributed by atoms with E-state index in [4.69, 9.17) is 5.11 Å². The van der Waals surface area contributed by atoms with Gasteiger partial charge in [-0.25, -0.2) is 0 Å². The van der Waals surface area contributed by atoms with Gasteiger partial charge in [0.25, 0.3) is 0 Å². The van der Waals surface area contributed by atoms with Crippen LogP contribution in [0.1, 0.15) is 11.1 Å². The molecule has 0 aliphatic heterocycles. The summed E-state index contributed by atoms with van der Waals surface area (Å²) in [6, 6.07) is 16.3. The number of benzene rings is 2. The molecule has 0 unspecified atom stereocenters. The molecule has 2 nitrogen and oxygen atoms in total. The Balaban J connectivity index is 2.23. The van der Waals surface area contributed by atoms with Crippen LogP contribution < -0.4 is 5.32 Å². The van der Waals surface area contributed by atoms with Gasteiger partial charge in [-0.1, -0.05) is 30.3 Å². The minimum Gasteiger partial charge on any atom is -0.396 e. The second-order valence-electron chi connectivity index (χ2n) is 4.13. The molecule has 0 saturated heterocycles. The molecule has 2 heteroatoms. The van der Waals surface area contributed by atoms with Gasteiger partial charge < -0.3 is 10.4 Å². The second kappa shape index (κ2) is 5.51. The Hall–Kier alpha value is -1.80. The Morgan fingerprint density at radius 1 is 1.06 bits per heavy atom. The van der Waals surface area contributed by atoms with Crippen molar-refractivity contribution in [3.8, 4) is 0 Å². The van der Waals surface area contributed by atoms with Crippen LogP contribution in [0, 0.1) is 6.92 Å². The molecule has 0 saturated carbocycles. The first kappa shape index (κ1) is 11.7. The van der Waals surface area contributed by atoms with Crippen molar-refractivity contribution in [2.24, 2.45) is 0 Å². The van der Waals surface area contributed by atoms with Crippen LogP contribution in [0.25, 0.3) is 0 Å². The number of hydrogen-bond donors (Lipinski definition) is 2. The van der Waals surface area contributed by atoms with Crippen molar-refractivity contribution >= 4 is 11.4 Å². The van der Waals surface area contributed by atoms with Gasteiger partial charge in [0.1, 0.15) is 0 Å². The minimum atomic E-state index is 0.173. The summed E-state index contributed by atoms with van der Waals surface area (Å²) < 4.78 is 0. The molecular weight excluding hydrogens is 210 g/mol. The van der Waals surface area contributed by atoms with E-state index in [1.165, 1.54) is 5.56 Å². The first-order valence-corrected chi connectivity index (χ1v) is 5.82. The molecule has 0 atom stereocenters. The number of anilines is 2. The Morgan fingerprint density at radius 2 is 1.88 bits per heavy atom. The first-order chi connectivity index (χ1) is 8.29. The van der Waals surface area contributed by atoms with Gasteiger partial charge in [-0.3, -0.25) is 0 Å². The predicted octanol–water partition coefficient (Wildman–Crippen LogP) is 3.27. The maximum absolute atomic E-state index is 9.03. The fraction of sp³-hybridized carbons (Fsp3) is 0.200. The van der Waals surface area contributed by atoms with E-state index in [2.05, 4.69) is 24.4 Å². The van der Waals surface area contributed by atoms with Gasteiger partial charge in [0, 0.05) is 18.0 Å². The molecule has 0 fully saturated rings. The quantitative estimate of drug-likeness (QED) is 0.840. The molecule has 0 bridgehead atoms. The van der Waals surface area contributed by atoms with E-state index in [0.29, 0.717) is 6.42 Å². The smallest absolute Gasteiger partial charge is 0.0472 e.